The highest BCUT2D eigenvalue weighted by Crippen LogP contribution is 2.26. The zero-order chi connectivity index (χ0) is 20.3. The predicted molar refractivity (Wildman–Crippen MR) is 115 cm³/mol. The summed E-state index contributed by atoms with van der Waals surface area (Å²) in [4.78, 5) is 11.7. The Balaban J connectivity index is 2.30. The van der Waals surface area contributed by atoms with Crippen molar-refractivity contribution in [2.75, 3.05) is 12.8 Å². The van der Waals surface area contributed by atoms with Gasteiger partial charge in [0.1, 0.15) is 0 Å². The molecule has 150 valence electrons. The first-order valence-corrected chi connectivity index (χ1v) is 10.3. The second-order valence-electron chi connectivity index (χ2n) is 8.22. The molecule has 0 bridgehead atoms. The lowest BCUT2D eigenvalue weighted by Crippen LogP contribution is -2.04. The van der Waals surface area contributed by atoms with Crippen LogP contribution in [0.15, 0.2) is 12.1 Å². The number of methoxy groups -OCH3 is 1. The predicted octanol–water partition coefficient (Wildman–Crippen LogP) is 6.62. The fourth-order valence-corrected chi connectivity index (χ4v) is 3.19. The van der Waals surface area contributed by atoms with Gasteiger partial charge in [0.25, 0.3) is 0 Å². The van der Waals surface area contributed by atoms with Crippen LogP contribution in [0.25, 0.3) is 0 Å². The van der Waals surface area contributed by atoms with E-state index in [1.807, 2.05) is 0 Å². The molecule has 0 spiro atoms. The number of nitrogens with two attached hydrogens (primary N) is 1. The van der Waals surface area contributed by atoms with Crippen LogP contribution in [0.5, 0.6) is 0 Å². The van der Waals surface area contributed by atoms with Crippen molar-refractivity contribution in [3.05, 3.63) is 28.3 Å². The van der Waals surface area contributed by atoms with Crippen molar-refractivity contribution in [3.8, 4) is 11.8 Å². The van der Waals surface area contributed by atoms with Crippen molar-refractivity contribution in [2.24, 2.45) is 5.41 Å². The van der Waals surface area contributed by atoms with E-state index in [9.17, 15) is 4.79 Å². The zero-order valence-corrected chi connectivity index (χ0v) is 18.0. The molecular weight excluding hydrogens is 358 g/mol. The molecule has 0 amide bonds. The molecule has 0 aliphatic carbocycles. The number of carbonyl (C=O) groups is 1. The Morgan fingerprint density at radius 3 is 2.26 bits per heavy atom. The van der Waals surface area contributed by atoms with E-state index in [2.05, 4.69) is 32.6 Å². The molecule has 0 aromatic heterocycles. The van der Waals surface area contributed by atoms with Crippen LogP contribution in [0, 0.1) is 17.3 Å². The van der Waals surface area contributed by atoms with Crippen molar-refractivity contribution >= 4 is 23.3 Å². The van der Waals surface area contributed by atoms with Crippen LogP contribution in [-0.2, 0) is 4.74 Å². The first-order chi connectivity index (χ1) is 12.8. The van der Waals surface area contributed by atoms with Crippen molar-refractivity contribution in [2.45, 2.75) is 78.6 Å². The Bertz CT molecular complexity index is 665. The Morgan fingerprint density at radius 2 is 1.67 bits per heavy atom. The number of esters is 1. The van der Waals surface area contributed by atoms with E-state index in [0.717, 1.165) is 12.8 Å². The smallest absolute Gasteiger partial charge is 0.339 e. The monoisotopic (exact) mass is 391 g/mol. The molecule has 0 atom stereocenters. The average molecular weight is 392 g/mol. The highest BCUT2D eigenvalue weighted by atomic mass is 35.5. The quantitative estimate of drug-likeness (QED) is 0.223. The van der Waals surface area contributed by atoms with E-state index < -0.39 is 5.97 Å². The third-order valence-electron chi connectivity index (χ3n) is 4.52. The number of benzene rings is 1. The summed E-state index contributed by atoms with van der Waals surface area (Å²) in [6.45, 7) is 6.92. The molecular formula is C23H34ClNO2. The maximum Gasteiger partial charge on any atom is 0.339 e. The lowest BCUT2D eigenvalue weighted by molar-refractivity contribution is 0.0601. The van der Waals surface area contributed by atoms with E-state index in [1.165, 1.54) is 52.1 Å². The van der Waals surface area contributed by atoms with Gasteiger partial charge >= 0.3 is 5.97 Å². The van der Waals surface area contributed by atoms with Crippen LogP contribution >= 0.6 is 11.6 Å². The molecule has 0 fully saturated rings. The number of anilines is 1. The van der Waals surface area contributed by atoms with Crippen molar-refractivity contribution in [3.63, 3.8) is 0 Å². The topological polar surface area (TPSA) is 52.3 Å². The van der Waals surface area contributed by atoms with Crippen molar-refractivity contribution < 1.29 is 9.53 Å². The summed E-state index contributed by atoms with van der Waals surface area (Å²) in [5, 5.41) is 0.268. The maximum absolute atomic E-state index is 11.7. The fourth-order valence-electron chi connectivity index (χ4n) is 2.89. The van der Waals surface area contributed by atoms with Gasteiger partial charge in [0, 0.05) is 12.1 Å². The van der Waals surface area contributed by atoms with Gasteiger partial charge in [-0.1, -0.05) is 82.7 Å². The minimum Gasteiger partial charge on any atom is -0.465 e. The van der Waals surface area contributed by atoms with Gasteiger partial charge in [-0.05, 0) is 30.4 Å². The van der Waals surface area contributed by atoms with E-state index in [1.54, 1.807) is 12.1 Å². The Labute approximate surface area is 170 Å². The summed E-state index contributed by atoms with van der Waals surface area (Å²) < 4.78 is 4.72. The minimum atomic E-state index is -0.481. The number of halogens is 1. The number of unbranched alkanes of at least 4 members (excludes halogenated alkanes) is 7. The summed E-state index contributed by atoms with van der Waals surface area (Å²) in [7, 11) is 1.32. The molecule has 0 saturated heterocycles. The van der Waals surface area contributed by atoms with Gasteiger partial charge in [0.05, 0.1) is 23.3 Å². The van der Waals surface area contributed by atoms with Crippen LogP contribution < -0.4 is 5.73 Å². The van der Waals surface area contributed by atoms with Gasteiger partial charge in [0.2, 0.25) is 0 Å². The molecule has 1 aromatic rings. The van der Waals surface area contributed by atoms with Crippen LogP contribution in [0.2, 0.25) is 5.02 Å². The second kappa shape index (κ2) is 11.9. The normalized spacial score (nSPS) is 11.0. The van der Waals surface area contributed by atoms with E-state index in [0.29, 0.717) is 22.2 Å². The highest BCUT2D eigenvalue weighted by molar-refractivity contribution is 6.35. The van der Waals surface area contributed by atoms with Gasteiger partial charge in [-0.3, -0.25) is 0 Å². The molecule has 2 N–H and O–H groups in total. The third-order valence-corrected chi connectivity index (χ3v) is 4.91. The first kappa shape index (κ1) is 23.4. The molecule has 1 aromatic carbocycles. The molecule has 0 radical (unpaired) electrons. The number of ether oxygens (including phenoxy) is 1. The fraction of sp³-hybridized carbons (Fsp3) is 0.609. The van der Waals surface area contributed by atoms with Gasteiger partial charge < -0.3 is 10.5 Å². The average Bonchev–Trinajstić information content (AvgIpc) is 2.60. The molecule has 4 heteroatoms. The number of rotatable bonds is 9. The largest absolute Gasteiger partial charge is 0.465 e. The standard InChI is InChI=1S/C23H34ClNO2/c1-23(2,3)17-13-11-9-7-5-6-8-10-12-14-18-20(25)16-15-19(21(18)24)22(26)27-4/h15-16H,5-11,13,17,25H2,1-4H3. The lowest BCUT2D eigenvalue weighted by Gasteiger charge is -2.17. The Kier molecular flexibility index (Phi) is 10.3. The highest BCUT2D eigenvalue weighted by Gasteiger charge is 2.15. The molecule has 3 nitrogen and oxygen atoms in total. The van der Waals surface area contributed by atoms with Crippen LogP contribution in [0.4, 0.5) is 5.69 Å². The SMILES string of the molecule is COC(=O)c1ccc(N)c(C#CCCCCCCCCCC(C)(C)C)c1Cl. The molecule has 0 saturated carbocycles. The molecule has 27 heavy (non-hydrogen) atoms. The second-order valence-corrected chi connectivity index (χ2v) is 8.60. The van der Waals surface area contributed by atoms with Gasteiger partial charge in [-0.15, -0.1) is 0 Å². The molecule has 0 aliphatic heterocycles. The molecule has 0 aliphatic rings. The summed E-state index contributed by atoms with van der Waals surface area (Å²) in [5.74, 6) is 5.67. The van der Waals surface area contributed by atoms with Crippen molar-refractivity contribution in [1.29, 1.82) is 0 Å². The Hall–Kier alpha value is -1.66. The van der Waals surface area contributed by atoms with Gasteiger partial charge in [-0.2, -0.15) is 0 Å². The molecule has 0 heterocycles. The third kappa shape index (κ3) is 9.20. The summed E-state index contributed by atoms with van der Waals surface area (Å²) >= 11 is 6.26. The van der Waals surface area contributed by atoms with Crippen LogP contribution in [-0.4, -0.2) is 13.1 Å². The van der Waals surface area contributed by atoms with Crippen LogP contribution in [0.3, 0.4) is 0 Å². The number of nitrogen functional groups attached to an aromatic ring is 1. The minimum absolute atomic E-state index is 0.268. The lowest BCUT2D eigenvalue weighted by atomic mass is 9.89. The van der Waals surface area contributed by atoms with Crippen molar-refractivity contribution in [1.82, 2.24) is 0 Å². The van der Waals surface area contributed by atoms with E-state index >= 15 is 0 Å². The maximum atomic E-state index is 11.7. The number of carbonyl (C=O) groups excluding carboxylic acids is 1. The van der Waals surface area contributed by atoms with E-state index in [-0.39, 0.29) is 5.02 Å². The van der Waals surface area contributed by atoms with Gasteiger partial charge in [0.15, 0.2) is 0 Å². The summed E-state index contributed by atoms with van der Waals surface area (Å²) in [6.07, 6.45) is 11.0. The zero-order valence-electron chi connectivity index (χ0n) is 17.3. The first-order valence-electron chi connectivity index (χ1n) is 9.91. The number of hydrogen-bond donors (Lipinski definition) is 1. The molecule has 0 unspecified atom stereocenters. The Morgan fingerprint density at radius 1 is 1.07 bits per heavy atom. The van der Waals surface area contributed by atoms with E-state index in [4.69, 9.17) is 22.1 Å². The van der Waals surface area contributed by atoms with Crippen LogP contribution in [0.1, 0.15) is 94.5 Å². The molecule has 1 rings (SSSR count). The summed E-state index contributed by atoms with van der Waals surface area (Å²) in [6, 6.07) is 3.21. The number of hydrogen-bond acceptors (Lipinski definition) is 3. The van der Waals surface area contributed by atoms with Gasteiger partial charge in [-0.25, -0.2) is 4.79 Å². The summed E-state index contributed by atoms with van der Waals surface area (Å²) in [5.41, 5.74) is 7.69.